The second-order valence-electron chi connectivity index (χ2n) is 4.54. The summed E-state index contributed by atoms with van der Waals surface area (Å²) in [7, 11) is 0. The molecular weight excluding hydrogens is 296 g/mol. The highest BCUT2D eigenvalue weighted by Crippen LogP contribution is 2.25. The highest BCUT2D eigenvalue weighted by atomic mass is 79.9. The zero-order chi connectivity index (χ0) is 13.0. The van der Waals surface area contributed by atoms with E-state index >= 15 is 0 Å². The van der Waals surface area contributed by atoms with Crippen LogP contribution < -0.4 is 10.6 Å². The molecule has 2 rings (SSSR count). The van der Waals surface area contributed by atoms with Crippen molar-refractivity contribution in [3.8, 4) is 0 Å². The minimum atomic E-state index is -0.676. The number of primary amides is 1. The van der Waals surface area contributed by atoms with E-state index in [1.54, 1.807) is 0 Å². The first-order valence-corrected chi connectivity index (χ1v) is 6.87. The predicted molar refractivity (Wildman–Crippen MR) is 74.6 cm³/mol. The molecule has 2 N–H and O–H groups in total. The monoisotopic (exact) mass is 312 g/mol. The predicted octanol–water partition coefficient (Wildman–Crippen LogP) is 2.76. The minimum Gasteiger partial charge on any atom is -0.449 e. The van der Waals surface area contributed by atoms with Crippen LogP contribution in [-0.4, -0.2) is 25.8 Å². The summed E-state index contributed by atoms with van der Waals surface area (Å²) in [5, 5.41) is 0. The third-order valence-corrected chi connectivity index (χ3v) is 3.74. The molecule has 1 saturated heterocycles. The van der Waals surface area contributed by atoms with Crippen LogP contribution in [-0.2, 0) is 4.74 Å². The van der Waals surface area contributed by atoms with Crippen LogP contribution in [0.15, 0.2) is 28.7 Å². The fourth-order valence-electron chi connectivity index (χ4n) is 2.23. The summed E-state index contributed by atoms with van der Waals surface area (Å²) in [5.74, 6) is 0.431. The number of nitrogens with two attached hydrogens (primary N) is 1. The first-order chi connectivity index (χ1) is 8.65. The molecule has 98 valence electrons. The average Bonchev–Trinajstić information content (AvgIpc) is 2.37. The molecule has 1 fully saturated rings. The Kier molecular flexibility index (Phi) is 4.47. The van der Waals surface area contributed by atoms with E-state index in [1.165, 1.54) is 5.69 Å². The molecule has 1 amide bonds. The van der Waals surface area contributed by atoms with Crippen molar-refractivity contribution in [3.05, 3.63) is 28.7 Å². The van der Waals surface area contributed by atoms with Gasteiger partial charge in [-0.25, -0.2) is 4.79 Å². The molecule has 1 heterocycles. The lowest BCUT2D eigenvalue weighted by Crippen LogP contribution is -2.35. The van der Waals surface area contributed by atoms with Gasteiger partial charge in [0.2, 0.25) is 0 Å². The van der Waals surface area contributed by atoms with Crippen LogP contribution in [0.2, 0.25) is 0 Å². The quantitative estimate of drug-likeness (QED) is 0.933. The van der Waals surface area contributed by atoms with Gasteiger partial charge in [-0.05, 0) is 37.0 Å². The van der Waals surface area contributed by atoms with E-state index in [0.29, 0.717) is 12.5 Å². The van der Waals surface area contributed by atoms with Gasteiger partial charge in [0.25, 0.3) is 0 Å². The van der Waals surface area contributed by atoms with E-state index in [9.17, 15) is 4.79 Å². The van der Waals surface area contributed by atoms with Gasteiger partial charge in [0.15, 0.2) is 0 Å². The Morgan fingerprint density at radius 1 is 1.44 bits per heavy atom. The molecule has 0 aromatic heterocycles. The molecule has 0 bridgehead atoms. The molecule has 0 spiro atoms. The van der Waals surface area contributed by atoms with Crippen LogP contribution in [0, 0.1) is 5.92 Å². The van der Waals surface area contributed by atoms with Gasteiger partial charge in [-0.2, -0.15) is 0 Å². The maximum Gasteiger partial charge on any atom is 0.404 e. The van der Waals surface area contributed by atoms with Crippen molar-refractivity contribution in [1.82, 2.24) is 0 Å². The molecule has 1 aromatic carbocycles. The van der Waals surface area contributed by atoms with E-state index in [4.69, 9.17) is 10.5 Å². The van der Waals surface area contributed by atoms with Crippen molar-refractivity contribution >= 4 is 27.7 Å². The molecule has 0 radical (unpaired) electrons. The van der Waals surface area contributed by atoms with Crippen molar-refractivity contribution in [1.29, 1.82) is 0 Å². The molecule has 18 heavy (non-hydrogen) atoms. The smallest absolute Gasteiger partial charge is 0.404 e. The maximum atomic E-state index is 10.5. The zero-order valence-corrected chi connectivity index (χ0v) is 11.7. The van der Waals surface area contributed by atoms with Gasteiger partial charge >= 0.3 is 6.09 Å². The van der Waals surface area contributed by atoms with Crippen molar-refractivity contribution in [2.45, 2.75) is 12.8 Å². The third kappa shape index (κ3) is 3.63. The molecule has 1 aromatic rings. The summed E-state index contributed by atoms with van der Waals surface area (Å²) >= 11 is 3.48. The number of hydrogen-bond donors (Lipinski definition) is 1. The van der Waals surface area contributed by atoms with Crippen LogP contribution >= 0.6 is 15.9 Å². The highest BCUT2D eigenvalue weighted by Gasteiger charge is 2.20. The van der Waals surface area contributed by atoms with Crippen molar-refractivity contribution in [3.63, 3.8) is 0 Å². The number of halogens is 1. The fourth-order valence-corrected chi connectivity index (χ4v) is 2.62. The van der Waals surface area contributed by atoms with Gasteiger partial charge in [-0.3, -0.25) is 0 Å². The van der Waals surface area contributed by atoms with E-state index in [0.717, 1.165) is 30.4 Å². The number of amides is 1. The normalized spacial score (nSPS) is 16.6. The number of anilines is 1. The number of carbonyl (C=O) groups is 1. The molecule has 0 atom stereocenters. The second kappa shape index (κ2) is 6.09. The summed E-state index contributed by atoms with van der Waals surface area (Å²) < 4.78 is 5.95. The number of rotatable bonds is 3. The Morgan fingerprint density at radius 2 is 2.17 bits per heavy atom. The standard InChI is InChI=1S/C13H17BrN2O2/c14-11-2-1-3-12(8-11)16-6-4-10(5-7-16)9-18-13(15)17/h1-3,8,10H,4-7,9H2,(H2,15,17). The Hall–Kier alpha value is -1.23. The van der Waals surface area contributed by atoms with Gasteiger partial charge in [0, 0.05) is 23.2 Å². The number of piperidine rings is 1. The molecule has 4 nitrogen and oxygen atoms in total. The molecule has 1 aliphatic heterocycles. The third-order valence-electron chi connectivity index (χ3n) is 3.25. The summed E-state index contributed by atoms with van der Waals surface area (Å²) in [5.41, 5.74) is 6.20. The van der Waals surface area contributed by atoms with Crippen LogP contribution in [0.4, 0.5) is 10.5 Å². The first kappa shape index (κ1) is 13.2. The second-order valence-corrected chi connectivity index (χ2v) is 5.46. The van der Waals surface area contributed by atoms with Crippen molar-refractivity contribution in [2.75, 3.05) is 24.6 Å². The molecule has 5 heteroatoms. The van der Waals surface area contributed by atoms with Gasteiger partial charge in [-0.15, -0.1) is 0 Å². The number of carbonyl (C=O) groups excluding carboxylic acids is 1. The lowest BCUT2D eigenvalue weighted by molar-refractivity contribution is 0.129. The maximum absolute atomic E-state index is 10.5. The SMILES string of the molecule is NC(=O)OCC1CCN(c2cccc(Br)c2)CC1. The Balaban J connectivity index is 1.85. The summed E-state index contributed by atoms with van der Waals surface area (Å²) in [6.07, 6.45) is 1.38. The zero-order valence-electron chi connectivity index (χ0n) is 10.1. The summed E-state index contributed by atoms with van der Waals surface area (Å²) in [6.45, 7) is 2.42. The molecule has 0 unspecified atom stereocenters. The summed E-state index contributed by atoms with van der Waals surface area (Å²) in [4.78, 5) is 12.9. The average molecular weight is 313 g/mol. The van der Waals surface area contributed by atoms with Crippen LogP contribution in [0.1, 0.15) is 12.8 Å². The van der Waals surface area contributed by atoms with Gasteiger partial charge in [0.1, 0.15) is 0 Å². The minimum absolute atomic E-state index is 0.431. The number of benzene rings is 1. The van der Waals surface area contributed by atoms with Crippen LogP contribution in [0.25, 0.3) is 0 Å². The Morgan fingerprint density at radius 3 is 2.78 bits per heavy atom. The van der Waals surface area contributed by atoms with E-state index in [1.807, 2.05) is 12.1 Å². The van der Waals surface area contributed by atoms with Crippen molar-refractivity contribution in [2.24, 2.45) is 11.7 Å². The summed E-state index contributed by atoms with van der Waals surface area (Å²) in [6, 6.07) is 8.31. The van der Waals surface area contributed by atoms with E-state index in [2.05, 4.69) is 33.0 Å². The fraction of sp³-hybridized carbons (Fsp3) is 0.462. The van der Waals surface area contributed by atoms with E-state index in [-0.39, 0.29) is 0 Å². The molecule has 1 aliphatic rings. The highest BCUT2D eigenvalue weighted by molar-refractivity contribution is 9.10. The lowest BCUT2D eigenvalue weighted by atomic mass is 9.97. The van der Waals surface area contributed by atoms with Crippen molar-refractivity contribution < 1.29 is 9.53 Å². The lowest BCUT2D eigenvalue weighted by Gasteiger charge is -2.33. The number of nitrogens with zero attached hydrogens (tertiary/aromatic N) is 1. The Bertz CT molecular complexity index is 417. The topological polar surface area (TPSA) is 55.6 Å². The largest absolute Gasteiger partial charge is 0.449 e. The van der Waals surface area contributed by atoms with Gasteiger partial charge in [-0.1, -0.05) is 22.0 Å². The number of ether oxygens (including phenoxy) is 1. The number of hydrogen-bond acceptors (Lipinski definition) is 3. The Labute approximate surface area is 115 Å². The molecule has 0 aliphatic carbocycles. The van der Waals surface area contributed by atoms with Crippen LogP contribution in [0.3, 0.4) is 0 Å². The van der Waals surface area contributed by atoms with Gasteiger partial charge in [0.05, 0.1) is 6.61 Å². The van der Waals surface area contributed by atoms with Crippen LogP contribution in [0.5, 0.6) is 0 Å². The van der Waals surface area contributed by atoms with E-state index < -0.39 is 6.09 Å². The molecular formula is C13H17BrN2O2. The first-order valence-electron chi connectivity index (χ1n) is 6.08. The molecule has 0 saturated carbocycles. The van der Waals surface area contributed by atoms with Gasteiger partial charge < -0.3 is 15.4 Å².